The van der Waals surface area contributed by atoms with Crippen molar-refractivity contribution in [2.24, 2.45) is 0 Å². The Morgan fingerprint density at radius 3 is 2.30 bits per heavy atom. The first-order valence-corrected chi connectivity index (χ1v) is 11.3. The Balaban J connectivity index is 1.66. The van der Waals surface area contributed by atoms with Gasteiger partial charge in [0.15, 0.2) is 0 Å². The molecule has 2 heterocycles. The average molecular weight is 447 g/mol. The standard InChI is InChI=1S/C26H30N4O3/c1-5-33-26(32)29-13-11-28(12-14-29)25(31)24-17-23(21-10-9-19(3)20(4)16-21)27-30(24)22-8-6-7-18(2)15-22/h6-10,15-17H,5,11-14H2,1-4H3. The summed E-state index contributed by atoms with van der Waals surface area (Å²) >= 11 is 0. The fraction of sp³-hybridized carbons (Fsp3) is 0.346. The first-order valence-electron chi connectivity index (χ1n) is 11.3. The van der Waals surface area contributed by atoms with Crippen LogP contribution in [-0.2, 0) is 4.74 Å². The number of hydrogen-bond acceptors (Lipinski definition) is 4. The van der Waals surface area contributed by atoms with Crippen molar-refractivity contribution in [3.8, 4) is 16.9 Å². The second-order valence-electron chi connectivity index (χ2n) is 8.44. The number of aromatic nitrogens is 2. The van der Waals surface area contributed by atoms with E-state index in [1.165, 1.54) is 11.1 Å². The minimum Gasteiger partial charge on any atom is -0.450 e. The largest absolute Gasteiger partial charge is 0.450 e. The summed E-state index contributed by atoms with van der Waals surface area (Å²) < 4.78 is 6.82. The lowest BCUT2D eigenvalue weighted by atomic mass is 10.0. The molecule has 0 saturated carbocycles. The molecule has 0 spiro atoms. The highest BCUT2D eigenvalue weighted by molar-refractivity contribution is 5.94. The van der Waals surface area contributed by atoms with Gasteiger partial charge in [-0.05, 0) is 68.7 Å². The van der Waals surface area contributed by atoms with Gasteiger partial charge in [-0.2, -0.15) is 5.10 Å². The number of piperazine rings is 1. The zero-order valence-electron chi connectivity index (χ0n) is 19.7. The van der Waals surface area contributed by atoms with E-state index in [1.807, 2.05) is 43.3 Å². The Bertz CT molecular complexity index is 1180. The molecule has 0 bridgehead atoms. The number of carbonyl (C=O) groups excluding carboxylic acids is 2. The minimum absolute atomic E-state index is 0.0948. The van der Waals surface area contributed by atoms with E-state index < -0.39 is 0 Å². The van der Waals surface area contributed by atoms with Gasteiger partial charge in [0.05, 0.1) is 18.0 Å². The monoisotopic (exact) mass is 446 g/mol. The van der Waals surface area contributed by atoms with Crippen LogP contribution in [-0.4, -0.2) is 64.4 Å². The second-order valence-corrected chi connectivity index (χ2v) is 8.44. The van der Waals surface area contributed by atoms with Crippen molar-refractivity contribution >= 4 is 12.0 Å². The van der Waals surface area contributed by atoms with E-state index in [9.17, 15) is 9.59 Å². The lowest BCUT2D eigenvalue weighted by molar-refractivity contribution is 0.0563. The summed E-state index contributed by atoms with van der Waals surface area (Å²) in [5.74, 6) is -0.0948. The minimum atomic E-state index is -0.327. The molecule has 1 fully saturated rings. The summed E-state index contributed by atoms with van der Waals surface area (Å²) in [5, 5.41) is 4.83. The number of hydrogen-bond donors (Lipinski definition) is 0. The number of nitrogens with zero attached hydrogens (tertiary/aromatic N) is 4. The van der Waals surface area contributed by atoms with Gasteiger partial charge in [-0.25, -0.2) is 9.48 Å². The van der Waals surface area contributed by atoms with Crippen molar-refractivity contribution in [2.45, 2.75) is 27.7 Å². The fourth-order valence-electron chi connectivity index (χ4n) is 4.00. The molecule has 0 aliphatic carbocycles. The molecule has 3 aromatic rings. The van der Waals surface area contributed by atoms with Crippen LogP contribution in [0.5, 0.6) is 0 Å². The predicted molar refractivity (Wildman–Crippen MR) is 128 cm³/mol. The third-order valence-electron chi connectivity index (χ3n) is 6.07. The molecule has 172 valence electrons. The summed E-state index contributed by atoms with van der Waals surface area (Å²) in [7, 11) is 0. The molecule has 33 heavy (non-hydrogen) atoms. The molecule has 7 nitrogen and oxygen atoms in total. The number of ether oxygens (including phenoxy) is 1. The van der Waals surface area contributed by atoms with Crippen LogP contribution in [0.15, 0.2) is 48.5 Å². The number of benzene rings is 2. The average Bonchev–Trinajstić information content (AvgIpc) is 3.26. The smallest absolute Gasteiger partial charge is 0.409 e. The zero-order chi connectivity index (χ0) is 23.5. The third-order valence-corrected chi connectivity index (χ3v) is 6.07. The van der Waals surface area contributed by atoms with Gasteiger partial charge in [0.2, 0.25) is 0 Å². The van der Waals surface area contributed by atoms with Crippen molar-refractivity contribution < 1.29 is 14.3 Å². The maximum Gasteiger partial charge on any atom is 0.409 e. The topological polar surface area (TPSA) is 67.7 Å². The first-order chi connectivity index (χ1) is 15.9. The van der Waals surface area contributed by atoms with Gasteiger partial charge in [-0.3, -0.25) is 4.79 Å². The van der Waals surface area contributed by atoms with Crippen LogP contribution < -0.4 is 0 Å². The number of aryl methyl sites for hydroxylation is 3. The molecule has 2 aromatic carbocycles. The summed E-state index contributed by atoms with van der Waals surface area (Å²) in [6, 6.07) is 16.1. The molecule has 0 unspecified atom stereocenters. The molecule has 0 radical (unpaired) electrons. The summed E-state index contributed by atoms with van der Waals surface area (Å²) in [5.41, 5.74) is 6.58. The first kappa shape index (κ1) is 22.6. The molecule has 0 atom stereocenters. The predicted octanol–water partition coefficient (Wildman–Crippen LogP) is 4.38. The van der Waals surface area contributed by atoms with Gasteiger partial charge >= 0.3 is 6.09 Å². The van der Waals surface area contributed by atoms with Crippen molar-refractivity contribution in [1.82, 2.24) is 19.6 Å². The molecular formula is C26H30N4O3. The summed E-state index contributed by atoms with van der Waals surface area (Å²) in [6.07, 6.45) is -0.327. The molecule has 2 amide bonds. The van der Waals surface area contributed by atoms with Crippen molar-refractivity contribution in [1.29, 1.82) is 0 Å². The summed E-state index contributed by atoms with van der Waals surface area (Å²) in [4.78, 5) is 29.0. The quantitative estimate of drug-likeness (QED) is 0.597. The number of amides is 2. The van der Waals surface area contributed by atoms with Gasteiger partial charge in [0.25, 0.3) is 5.91 Å². The van der Waals surface area contributed by atoms with Crippen molar-refractivity contribution in [3.05, 3.63) is 70.9 Å². The van der Waals surface area contributed by atoms with E-state index in [-0.39, 0.29) is 12.0 Å². The third kappa shape index (κ3) is 4.77. The SMILES string of the molecule is CCOC(=O)N1CCN(C(=O)c2cc(-c3ccc(C)c(C)c3)nn2-c2cccc(C)c2)CC1. The van der Waals surface area contributed by atoms with Gasteiger partial charge in [-0.1, -0.05) is 24.3 Å². The van der Waals surface area contributed by atoms with Crippen LogP contribution >= 0.6 is 0 Å². The molecule has 1 aromatic heterocycles. The molecular weight excluding hydrogens is 416 g/mol. The van der Waals surface area contributed by atoms with Crippen LogP contribution in [0.2, 0.25) is 0 Å². The highest BCUT2D eigenvalue weighted by Gasteiger charge is 2.28. The Morgan fingerprint density at radius 1 is 0.909 bits per heavy atom. The molecule has 7 heteroatoms. The highest BCUT2D eigenvalue weighted by atomic mass is 16.6. The lowest BCUT2D eigenvalue weighted by Gasteiger charge is -2.34. The van der Waals surface area contributed by atoms with Crippen LogP contribution in [0.4, 0.5) is 4.79 Å². The highest BCUT2D eigenvalue weighted by Crippen LogP contribution is 2.25. The van der Waals surface area contributed by atoms with Crippen LogP contribution in [0.3, 0.4) is 0 Å². The Kier molecular flexibility index (Phi) is 6.49. The van der Waals surface area contributed by atoms with E-state index in [1.54, 1.807) is 21.4 Å². The normalized spacial score (nSPS) is 13.8. The molecule has 4 rings (SSSR count). The van der Waals surface area contributed by atoms with Crippen LogP contribution in [0.25, 0.3) is 16.9 Å². The molecule has 1 aliphatic rings. The van der Waals surface area contributed by atoms with E-state index in [2.05, 4.69) is 26.0 Å². The number of carbonyl (C=O) groups is 2. The van der Waals surface area contributed by atoms with Gasteiger partial charge < -0.3 is 14.5 Å². The number of rotatable bonds is 4. The Labute approximate surface area is 194 Å². The molecule has 1 aliphatic heterocycles. The Morgan fingerprint density at radius 2 is 1.64 bits per heavy atom. The van der Waals surface area contributed by atoms with E-state index >= 15 is 0 Å². The van der Waals surface area contributed by atoms with E-state index in [0.717, 1.165) is 22.5 Å². The van der Waals surface area contributed by atoms with Crippen LogP contribution in [0.1, 0.15) is 34.1 Å². The maximum atomic E-state index is 13.6. The lowest BCUT2D eigenvalue weighted by Crippen LogP contribution is -2.51. The fourth-order valence-corrected chi connectivity index (χ4v) is 4.00. The van der Waals surface area contributed by atoms with E-state index in [4.69, 9.17) is 9.84 Å². The summed E-state index contributed by atoms with van der Waals surface area (Å²) in [6.45, 7) is 10.1. The van der Waals surface area contributed by atoms with Gasteiger partial charge in [-0.15, -0.1) is 0 Å². The van der Waals surface area contributed by atoms with Gasteiger partial charge in [0.1, 0.15) is 5.69 Å². The van der Waals surface area contributed by atoms with Crippen molar-refractivity contribution in [2.75, 3.05) is 32.8 Å². The molecule has 1 saturated heterocycles. The van der Waals surface area contributed by atoms with Gasteiger partial charge in [0, 0.05) is 31.7 Å². The van der Waals surface area contributed by atoms with Crippen LogP contribution in [0, 0.1) is 20.8 Å². The Hall–Kier alpha value is -3.61. The van der Waals surface area contributed by atoms with E-state index in [0.29, 0.717) is 38.5 Å². The van der Waals surface area contributed by atoms with Crippen molar-refractivity contribution in [3.63, 3.8) is 0 Å². The second kappa shape index (κ2) is 9.48. The maximum absolute atomic E-state index is 13.6. The molecule has 0 N–H and O–H groups in total. The zero-order valence-corrected chi connectivity index (χ0v) is 19.7.